The summed E-state index contributed by atoms with van der Waals surface area (Å²) in [6, 6.07) is 0.139. The van der Waals surface area contributed by atoms with E-state index < -0.39 is 5.91 Å². The van der Waals surface area contributed by atoms with E-state index in [2.05, 4.69) is 10.2 Å². The molecule has 0 aliphatic carbocycles. The average Bonchev–Trinajstić information content (AvgIpc) is 1.73. The Balaban J connectivity index is -0.0000000750. The molecule has 0 saturated carbocycles. The van der Waals surface area contributed by atoms with Gasteiger partial charge in [0.15, 0.2) is 0 Å². The van der Waals surface area contributed by atoms with Gasteiger partial charge >= 0.3 is 0 Å². The molecule has 0 aliphatic heterocycles. The first-order valence-corrected chi connectivity index (χ1v) is 2.37. The van der Waals surface area contributed by atoms with Crippen molar-refractivity contribution in [3.63, 3.8) is 0 Å². The first kappa shape index (κ1) is 15.9. The number of carbonyl (C=O) groups is 1. The van der Waals surface area contributed by atoms with Crippen molar-refractivity contribution < 1.29 is 37.5 Å². The van der Waals surface area contributed by atoms with Gasteiger partial charge in [-0.15, -0.1) is 0 Å². The molecule has 0 heterocycles. The van der Waals surface area contributed by atoms with E-state index in [0.29, 0.717) is 0 Å². The summed E-state index contributed by atoms with van der Waals surface area (Å²) in [7, 11) is 4.07. The fourth-order valence-corrected chi connectivity index (χ4v) is 0. The van der Waals surface area contributed by atoms with Crippen molar-refractivity contribution in [1.29, 1.82) is 0 Å². The fraction of sp³-hybridized carbons (Fsp3) is 0.667. The van der Waals surface area contributed by atoms with Crippen LogP contribution in [0, 0.1) is 0 Å². The Labute approximate surface area is 77.9 Å². The summed E-state index contributed by atoms with van der Waals surface area (Å²) in [6.07, 6.45) is 0. The third kappa shape index (κ3) is 29.5. The van der Waals surface area contributed by atoms with Crippen molar-refractivity contribution in [3.05, 3.63) is 11.5 Å². The van der Waals surface area contributed by atoms with Gasteiger partial charge in [-0.3, -0.25) is 0 Å². The van der Waals surface area contributed by atoms with E-state index in [4.69, 9.17) is 11.5 Å². The van der Waals surface area contributed by atoms with Crippen LogP contribution in [0.15, 0.2) is 0 Å². The van der Waals surface area contributed by atoms with E-state index in [1.165, 1.54) is 7.05 Å². The summed E-state index contributed by atoms with van der Waals surface area (Å²) in [6.45, 7) is 0. The van der Waals surface area contributed by atoms with Crippen LogP contribution in [0.2, 0.25) is 6.04 Å². The molecule has 0 spiro atoms. The molecule has 0 fully saturated rings. The van der Waals surface area contributed by atoms with Crippen molar-refractivity contribution in [3.8, 4) is 0 Å². The van der Waals surface area contributed by atoms with Crippen molar-refractivity contribution in [1.82, 2.24) is 0 Å². The number of carbonyl (C=O) groups excluding carboxylic acids is 1. The molecule has 0 atom stereocenters. The van der Waals surface area contributed by atoms with Gasteiger partial charge in [0.2, 0.25) is 0 Å². The molecular formula is C3H7N2OSiY-2. The van der Waals surface area contributed by atoms with E-state index in [1.807, 2.05) is 0 Å². The molecule has 44 valence electrons. The first-order chi connectivity index (χ1) is 3.27. The maximum Gasteiger partial charge on any atom is 0.0453 e. The van der Waals surface area contributed by atoms with Gasteiger partial charge in [-0.05, 0) is 6.04 Å². The minimum absolute atomic E-state index is 0. The number of hydrogen-bond acceptors (Lipinski definition) is 1. The van der Waals surface area contributed by atoms with Crippen LogP contribution < -0.4 is 0 Å². The number of rotatable bonds is 1. The van der Waals surface area contributed by atoms with Gasteiger partial charge in [0.05, 0.1) is 0 Å². The standard InChI is InChI=1S/C2H4NOSi.CH4N.Y/c3-2(4)1-5;1-2;/h1H2,(H2,3,4);2H,1H3;/q;-1;/p-1. The van der Waals surface area contributed by atoms with Crippen molar-refractivity contribution in [2.24, 2.45) is 0 Å². The Bertz CT molecular complexity index is 52.5. The van der Waals surface area contributed by atoms with Gasteiger partial charge in [-0.2, -0.15) is 7.05 Å². The smallest absolute Gasteiger partial charge is 0.0453 e. The quantitative estimate of drug-likeness (QED) is 0.583. The molecule has 0 aliphatic rings. The third-order valence-corrected chi connectivity index (χ3v) is 0.482. The maximum absolute atomic E-state index is 9.43. The molecule has 0 saturated heterocycles. The topological polar surface area (TPSA) is 64.7 Å². The molecule has 0 aromatic carbocycles. The monoisotopic (exact) mass is 204 g/mol. The van der Waals surface area contributed by atoms with Crippen LogP contribution >= 0.6 is 0 Å². The summed E-state index contributed by atoms with van der Waals surface area (Å²) in [4.78, 5) is 9.43. The molecule has 0 rings (SSSR count). The molecule has 3 nitrogen and oxygen atoms in total. The summed E-state index contributed by atoms with van der Waals surface area (Å²) < 4.78 is 0. The number of nitrogens with one attached hydrogen (secondary N) is 2. The summed E-state index contributed by atoms with van der Waals surface area (Å²) in [5.74, 6) is -0.582. The predicted molar refractivity (Wildman–Crippen MR) is 30.1 cm³/mol. The van der Waals surface area contributed by atoms with E-state index >= 15 is 0 Å². The molecule has 2 N–H and O–H groups in total. The zero-order valence-electron chi connectivity index (χ0n) is 4.69. The molecule has 8 heavy (non-hydrogen) atoms. The molecular weight excluding hydrogens is 197 g/mol. The number of amides is 1. The van der Waals surface area contributed by atoms with E-state index in [-0.39, 0.29) is 38.8 Å². The Kier molecular flexibility index (Phi) is 31.1. The molecule has 0 aromatic heterocycles. The van der Waals surface area contributed by atoms with Crippen molar-refractivity contribution in [2.45, 2.75) is 6.04 Å². The molecule has 1 amide bonds. The summed E-state index contributed by atoms with van der Waals surface area (Å²) in [5.41, 5.74) is 11.9. The zero-order chi connectivity index (χ0) is 6.28. The normalized spacial score (nSPS) is 5.38. The second-order valence-electron chi connectivity index (χ2n) is 0.600. The molecule has 0 aromatic rings. The van der Waals surface area contributed by atoms with Gasteiger partial charge in [0, 0.05) is 48.9 Å². The van der Waals surface area contributed by atoms with Crippen LogP contribution in [0.5, 0.6) is 0 Å². The molecule has 0 bridgehead atoms. The largest absolute Gasteiger partial charge is 0.680 e. The van der Waals surface area contributed by atoms with Gasteiger partial charge in [0.1, 0.15) is 0 Å². The van der Waals surface area contributed by atoms with Gasteiger partial charge < -0.3 is 16.3 Å². The van der Waals surface area contributed by atoms with Gasteiger partial charge in [-0.1, -0.05) is 0 Å². The summed E-state index contributed by atoms with van der Waals surface area (Å²) in [5, 5.41) is 0. The third-order valence-electron chi connectivity index (χ3n) is 0.161. The maximum atomic E-state index is 9.43. The predicted octanol–water partition coefficient (Wildman–Crippen LogP) is 0.818. The van der Waals surface area contributed by atoms with Crippen molar-refractivity contribution in [2.75, 3.05) is 7.05 Å². The molecule has 5 heteroatoms. The Hall–Kier alpha value is 0.751. The van der Waals surface area contributed by atoms with Gasteiger partial charge in [-0.25, -0.2) is 0 Å². The van der Waals surface area contributed by atoms with Crippen LogP contribution in [0.3, 0.4) is 0 Å². The first-order valence-electron chi connectivity index (χ1n) is 1.66. The minimum atomic E-state index is -0.582. The second kappa shape index (κ2) is 15.7. The van der Waals surface area contributed by atoms with Gasteiger partial charge in [0.25, 0.3) is 0 Å². The zero-order valence-corrected chi connectivity index (χ0v) is 8.53. The average molecular weight is 204 g/mol. The van der Waals surface area contributed by atoms with Crippen LogP contribution in [0.4, 0.5) is 0 Å². The van der Waals surface area contributed by atoms with Crippen LogP contribution in [-0.4, -0.2) is 23.2 Å². The Morgan fingerprint density at radius 3 is 1.75 bits per heavy atom. The van der Waals surface area contributed by atoms with E-state index in [0.717, 1.165) is 0 Å². The number of hydrogen-bond donors (Lipinski definition) is 0. The Morgan fingerprint density at radius 2 is 1.75 bits per heavy atom. The Morgan fingerprint density at radius 1 is 1.62 bits per heavy atom. The van der Waals surface area contributed by atoms with Crippen LogP contribution in [0.1, 0.15) is 0 Å². The minimum Gasteiger partial charge on any atom is -0.680 e. The SMILES string of the molecule is C[NH-].[NH-]C(=O)C[Si].[Y]. The van der Waals surface area contributed by atoms with E-state index in [1.54, 1.807) is 0 Å². The van der Waals surface area contributed by atoms with Crippen molar-refractivity contribution >= 4 is 16.1 Å². The summed E-state index contributed by atoms with van der Waals surface area (Å²) >= 11 is 0. The van der Waals surface area contributed by atoms with Crippen LogP contribution in [0.25, 0.3) is 11.5 Å². The molecule has 0 unspecified atom stereocenters. The molecule has 4 radical (unpaired) electrons. The van der Waals surface area contributed by atoms with Crippen LogP contribution in [-0.2, 0) is 37.5 Å². The fourth-order valence-electron chi connectivity index (χ4n) is 0. The second-order valence-corrected chi connectivity index (χ2v) is 0.954. The van der Waals surface area contributed by atoms with E-state index in [9.17, 15) is 4.79 Å².